The Morgan fingerprint density at radius 1 is 1.33 bits per heavy atom. The zero-order chi connectivity index (χ0) is 13.5. The quantitative estimate of drug-likeness (QED) is 0.660. The smallest absolute Gasteiger partial charge is 0.251 e. The second-order valence-corrected chi connectivity index (χ2v) is 4.63. The van der Waals surface area contributed by atoms with Crippen LogP contribution >= 0.6 is 0 Å². The fourth-order valence-corrected chi connectivity index (χ4v) is 1.65. The van der Waals surface area contributed by atoms with Crippen LogP contribution in [0.25, 0.3) is 0 Å². The maximum atomic E-state index is 11.9. The summed E-state index contributed by atoms with van der Waals surface area (Å²) in [6, 6.07) is 5.85. The molecule has 1 aromatic carbocycles. The zero-order valence-electron chi connectivity index (χ0n) is 11.3. The number of amides is 1. The highest BCUT2D eigenvalue weighted by molar-refractivity contribution is 5.95. The van der Waals surface area contributed by atoms with E-state index in [1.165, 1.54) is 0 Å². The molecule has 100 valence electrons. The second-order valence-electron chi connectivity index (χ2n) is 4.63. The average Bonchev–Trinajstić information content (AvgIpc) is 2.31. The molecule has 4 heteroatoms. The predicted molar refractivity (Wildman–Crippen MR) is 72.8 cm³/mol. The summed E-state index contributed by atoms with van der Waals surface area (Å²) in [5.74, 6) is -0.0463. The molecule has 0 aromatic heterocycles. The summed E-state index contributed by atoms with van der Waals surface area (Å²) < 4.78 is 0. The first-order valence-electron chi connectivity index (χ1n) is 6.25. The minimum Gasteiger partial charge on any atom is -0.392 e. The summed E-state index contributed by atoms with van der Waals surface area (Å²) in [6.45, 7) is 7.38. The Balaban J connectivity index is 2.39. The molecular formula is C14H22N2O2. The molecule has 18 heavy (non-hydrogen) atoms. The highest BCUT2D eigenvalue weighted by atomic mass is 16.3. The van der Waals surface area contributed by atoms with Crippen molar-refractivity contribution in [3.8, 4) is 0 Å². The van der Waals surface area contributed by atoms with Crippen molar-refractivity contribution in [2.45, 2.75) is 26.9 Å². The number of benzene rings is 1. The zero-order valence-corrected chi connectivity index (χ0v) is 11.3. The van der Waals surface area contributed by atoms with Crippen LogP contribution < -0.4 is 10.6 Å². The van der Waals surface area contributed by atoms with Crippen molar-refractivity contribution in [3.05, 3.63) is 34.9 Å². The predicted octanol–water partition coefficient (Wildman–Crippen LogP) is 1.00. The maximum Gasteiger partial charge on any atom is 0.251 e. The van der Waals surface area contributed by atoms with Crippen molar-refractivity contribution in [1.82, 2.24) is 10.6 Å². The van der Waals surface area contributed by atoms with Gasteiger partial charge in [-0.05, 0) is 32.4 Å². The Bertz CT molecular complexity index is 403. The third-order valence-electron chi connectivity index (χ3n) is 2.66. The Kier molecular flexibility index (Phi) is 5.82. The first-order valence-corrected chi connectivity index (χ1v) is 6.25. The third-order valence-corrected chi connectivity index (χ3v) is 2.66. The number of aliphatic hydroxyl groups excluding tert-OH is 1. The van der Waals surface area contributed by atoms with Crippen LogP contribution in [0, 0.1) is 13.8 Å². The number of rotatable bonds is 6. The van der Waals surface area contributed by atoms with Gasteiger partial charge in [-0.1, -0.05) is 17.7 Å². The first-order chi connectivity index (χ1) is 8.50. The van der Waals surface area contributed by atoms with Crippen molar-refractivity contribution in [2.75, 3.05) is 19.6 Å². The van der Waals surface area contributed by atoms with Gasteiger partial charge in [0.15, 0.2) is 0 Å². The normalized spacial score (nSPS) is 12.2. The SMILES string of the molecule is Cc1ccc(C)c(C(=O)NCCNCC(C)O)c1. The Morgan fingerprint density at radius 3 is 2.72 bits per heavy atom. The Hall–Kier alpha value is -1.39. The van der Waals surface area contributed by atoms with Crippen LogP contribution in [0.1, 0.15) is 28.4 Å². The number of nitrogens with one attached hydrogen (secondary N) is 2. The molecule has 0 fully saturated rings. The molecule has 3 N–H and O–H groups in total. The molecule has 0 aliphatic rings. The molecule has 1 amide bonds. The van der Waals surface area contributed by atoms with E-state index >= 15 is 0 Å². The molecule has 0 bridgehead atoms. The third kappa shape index (κ3) is 4.85. The number of aliphatic hydroxyl groups is 1. The van der Waals surface area contributed by atoms with Crippen molar-refractivity contribution >= 4 is 5.91 Å². The van der Waals surface area contributed by atoms with Crippen LogP contribution in [0.15, 0.2) is 18.2 Å². The van der Waals surface area contributed by atoms with Crippen molar-refractivity contribution < 1.29 is 9.90 Å². The van der Waals surface area contributed by atoms with E-state index in [0.29, 0.717) is 19.6 Å². The molecule has 0 aliphatic heterocycles. The summed E-state index contributed by atoms with van der Waals surface area (Å²) in [5.41, 5.74) is 2.79. The van der Waals surface area contributed by atoms with Crippen molar-refractivity contribution in [1.29, 1.82) is 0 Å². The maximum absolute atomic E-state index is 11.9. The lowest BCUT2D eigenvalue weighted by atomic mass is 10.1. The second kappa shape index (κ2) is 7.13. The summed E-state index contributed by atoms with van der Waals surface area (Å²) in [7, 11) is 0. The standard InChI is InChI=1S/C14H22N2O2/c1-10-4-5-11(2)13(8-10)14(18)16-7-6-15-9-12(3)17/h4-5,8,12,15,17H,6-7,9H2,1-3H3,(H,16,18). The number of hydrogen-bond donors (Lipinski definition) is 3. The van der Waals surface area contributed by atoms with Gasteiger partial charge >= 0.3 is 0 Å². The summed E-state index contributed by atoms with van der Waals surface area (Å²) >= 11 is 0. The molecule has 1 rings (SSSR count). The van der Waals surface area contributed by atoms with Gasteiger partial charge in [-0.15, -0.1) is 0 Å². The monoisotopic (exact) mass is 250 g/mol. The number of hydrogen-bond acceptors (Lipinski definition) is 3. The highest BCUT2D eigenvalue weighted by Crippen LogP contribution is 2.10. The highest BCUT2D eigenvalue weighted by Gasteiger charge is 2.08. The largest absolute Gasteiger partial charge is 0.392 e. The van der Waals surface area contributed by atoms with E-state index in [4.69, 9.17) is 5.11 Å². The lowest BCUT2D eigenvalue weighted by molar-refractivity contribution is 0.0953. The van der Waals surface area contributed by atoms with Gasteiger partial charge in [0.25, 0.3) is 5.91 Å². The van der Waals surface area contributed by atoms with E-state index in [-0.39, 0.29) is 12.0 Å². The fourth-order valence-electron chi connectivity index (χ4n) is 1.65. The minimum atomic E-state index is -0.361. The molecule has 0 spiro atoms. The molecule has 0 aliphatic carbocycles. The summed E-state index contributed by atoms with van der Waals surface area (Å²) in [5, 5.41) is 15.0. The number of carbonyl (C=O) groups is 1. The summed E-state index contributed by atoms with van der Waals surface area (Å²) in [6.07, 6.45) is -0.361. The van der Waals surface area contributed by atoms with Gasteiger partial charge in [-0.3, -0.25) is 4.79 Å². The molecule has 1 atom stereocenters. The number of aryl methyl sites for hydroxylation is 2. The lowest BCUT2D eigenvalue weighted by Crippen LogP contribution is -2.34. The van der Waals surface area contributed by atoms with Gasteiger partial charge in [0, 0.05) is 25.2 Å². The van der Waals surface area contributed by atoms with E-state index in [0.717, 1.165) is 16.7 Å². The Morgan fingerprint density at radius 2 is 2.06 bits per heavy atom. The molecule has 0 heterocycles. The molecule has 0 saturated heterocycles. The van der Waals surface area contributed by atoms with Gasteiger partial charge in [-0.25, -0.2) is 0 Å². The van der Waals surface area contributed by atoms with E-state index < -0.39 is 0 Å². The van der Waals surface area contributed by atoms with Crippen LogP contribution in [0.2, 0.25) is 0 Å². The van der Waals surface area contributed by atoms with Crippen LogP contribution in [-0.4, -0.2) is 36.8 Å². The van der Waals surface area contributed by atoms with Gasteiger partial charge in [-0.2, -0.15) is 0 Å². The van der Waals surface area contributed by atoms with E-state index in [1.807, 2.05) is 32.0 Å². The van der Waals surface area contributed by atoms with E-state index in [1.54, 1.807) is 6.92 Å². The minimum absolute atomic E-state index is 0.0463. The van der Waals surface area contributed by atoms with Gasteiger partial charge in [0.1, 0.15) is 0 Å². The fraction of sp³-hybridized carbons (Fsp3) is 0.500. The molecule has 4 nitrogen and oxygen atoms in total. The van der Waals surface area contributed by atoms with Gasteiger partial charge in [0.2, 0.25) is 0 Å². The van der Waals surface area contributed by atoms with Crippen LogP contribution in [-0.2, 0) is 0 Å². The van der Waals surface area contributed by atoms with E-state index in [9.17, 15) is 4.79 Å². The van der Waals surface area contributed by atoms with Crippen molar-refractivity contribution in [3.63, 3.8) is 0 Å². The van der Waals surface area contributed by atoms with Crippen LogP contribution in [0.3, 0.4) is 0 Å². The van der Waals surface area contributed by atoms with Gasteiger partial charge < -0.3 is 15.7 Å². The topological polar surface area (TPSA) is 61.4 Å². The molecular weight excluding hydrogens is 228 g/mol. The molecule has 0 radical (unpaired) electrons. The van der Waals surface area contributed by atoms with E-state index in [2.05, 4.69) is 10.6 Å². The molecule has 1 aromatic rings. The molecule has 0 saturated carbocycles. The molecule has 1 unspecified atom stereocenters. The lowest BCUT2D eigenvalue weighted by Gasteiger charge is -2.10. The van der Waals surface area contributed by atoms with Crippen molar-refractivity contribution in [2.24, 2.45) is 0 Å². The average molecular weight is 250 g/mol. The van der Waals surface area contributed by atoms with Crippen LogP contribution in [0.4, 0.5) is 0 Å². The van der Waals surface area contributed by atoms with Gasteiger partial charge in [0.05, 0.1) is 6.10 Å². The first kappa shape index (κ1) is 14.7. The Labute approximate surface area is 108 Å². The summed E-state index contributed by atoms with van der Waals surface area (Å²) in [4.78, 5) is 11.9. The number of carbonyl (C=O) groups excluding carboxylic acids is 1. The van der Waals surface area contributed by atoms with Crippen LogP contribution in [0.5, 0.6) is 0 Å².